The van der Waals surface area contributed by atoms with E-state index in [1.807, 2.05) is 30.3 Å². The first kappa shape index (κ1) is 8.47. The van der Waals surface area contributed by atoms with Crippen LogP contribution in [0.5, 0.6) is 0 Å². The molecule has 0 amide bonds. The molecule has 0 aliphatic heterocycles. The molecule has 0 spiro atoms. The van der Waals surface area contributed by atoms with Crippen LogP contribution < -0.4 is 5.32 Å². The summed E-state index contributed by atoms with van der Waals surface area (Å²) in [5.41, 5.74) is 0. The standard InChI is InChI=1S/C9H7NOS2/c11-9(12)10-8-5-6-3-1-2-4-7(6)13-8/h1-5H,(H2,10,11,12). The van der Waals surface area contributed by atoms with Gasteiger partial charge in [0.2, 0.25) is 0 Å². The molecule has 0 unspecified atom stereocenters. The van der Waals surface area contributed by atoms with Crippen molar-refractivity contribution in [2.24, 2.45) is 0 Å². The van der Waals surface area contributed by atoms with Gasteiger partial charge in [-0.1, -0.05) is 18.2 Å². The summed E-state index contributed by atoms with van der Waals surface area (Å²) < 4.78 is 1.18. The summed E-state index contributed by atoms with van der Waals surface area (Å²) in [5.74, 6) is 0. The fraction of sp³-hybridized carbons (Fsp3) is 0. The van der Waals surface area contributed by atoms with Gasteiger partial charge in [-0.25, -0.2) is 0 Å². The lowest BCUT2D eigenvalue weighted by Gasteiger charge is -1.94. The van der Waals surface area contributed by atoms with Gasteiger partial charge in [0.1, 0.15) is 0 Å². The van der Waals surface area contributed by atoms with Crippen LogP contribution in [0.2, 0.25) is 0 Å². The molecule has 0 atom stereocenters. The van der Waals surface area contributed by atoms with Crippen LogP contribution in [0.3, 0.4) is 0 Å². The predicted molar refractivity (Wildman–Crippen MR) is 60.7 cm³/mol. The zero-order valence-corrected chi connectivity index (χ0v) is 8.28. The molecule has 0 fully saturated rings. The largest absolute Gasteiger partial charge is 0.486 e. The van der Waals surface area contributed by atoms with Crippen molar-refractivity contribution in [3.63, 3.8) is 0 Å². The minimum atomic E-state index is -0.188. The van der Waals surface area contributed by atoms with E-state index in [4.69, 9.17) is 5.11 Å². The second-order valence-electron chi connectivity index (χ2n) is 2.58. The fourth-order valence-electron chi connectivity index (χ4n) is 1.15. The van der Waals surface area contributed by atoms with E-state index < -0.39 is 0 Å². The van der Waals surface area contributed by atoms with Crippen LogP contribution in [0.15, 0.2) is 30.3 Å². The first-order valence-corrected chi connectivity index (χ1v) is 4.97. The number of thiocarbonyl (C=S) groups is 1. The number of fused-ring (bicyclic) bond motifs is 1. The van der Waals surface area contributed by atoms with Crippen LogP contribution in [-0.2, 0) is 0 Å². The van der Waals surface area contributed by atoms with Crippen LogP contribution in [-0.4, -0.2) is 10.3 Å². The number of hydrogen-bond donors (Lipinski definition) is 2. The summed E-state index contributed by atoms with van der Waals surface area (Å²) in [5, 5.41) is 13.4. The Morgan fingerprint density at radius 2 is 2.15 bits per heavy atom. The van der Waals surface area contributed by atoms with Gasteiger partial charge in [0.05, 0.1) is 5.00 Å². The maximum Gasteiger partial charge on any atom is 0.259 e. The van der Waals surface area contributed by atoms with E-state index >= 15 is 0 Å². The highest BCUT2D eigenvalue weighted by molar-refractivity contribution is 7.80. The first-order chi connectivity index (χ1) is 6.25. The molecular formula is C9H7NOS2. The highest BCUT2D eigenvalue weighted by Crippen LogP contribution is 2.29. The summed E-state index contributed by atoms with van der Waals surface area (Å²) >= 11 is 6.10. The molecule has 2 rings (SSSR count). The van der Waals surface area contributed by atoms with Crippen molar-refractivity contribution in [1.29, 1.82) is 0 Å². The number of rotatable bonds is 1. The van der Waals surface area contributed by atoms with Crippen molar-refractivity contribution in [3.8, 4) is 0 Å². The minimum absolute atomic E-state index is 0.188. The number of aliphatic hydroxyl groups is 1. The van der Waals surface area contributed by atoms with E-state index in [0.29, 0.717) is 0 Å². The number of benzene rings is 1. The molecule has 0 saturated heterocycles. The molecule has 1 aromatic carbocycles. The van der Waals surface area contributed by atoms with Crippen molar-refractivity contribution >= 4 is 43.8 Å². The Balaban J connectivity index is 2.44. The molecule has 1 aromatic heterocycles. The lowest BCUT2D eigenvalue weighted by molar-refractivity contribution is 0.567. The molecule has 2 aromatic rings. The Morgan fingerprint density at radius 1 is 1.38 bits per heavy atom. The quantitative estimate of drug-likeness (QED) is 0.708. The molecule has 2 nitrogen and oxygen atoms in total. The summed E-state index contributed by atoms with van der Waals surface area (Å²) in [6.45, 7) is 0. The zero-order valence-electron chi connectivity index (χ0n) is 6.65. The van der Waals surface area contributed by atoms with Gasteiger partial charge in [0, 0.05) is 4.70 Å². The molecule has 13 heavy (non-hydrogen) atoms. The SMILES string of the molecule is OC(=S)Nc1cc2ccccc2s1. The van der Waals surface area contributed by atoms with E-state index in [-0.39, 0.29) is 5.17 Å². The predicted octanol–water partition coefficient (Wildman–Crippen LogP) is 3.16. The monoisotopic (exact) mass is 209 g/mol. The van der Waals surface area contributed by atoms with E-state index in [1.165, 1.54) is 4.70 Å². The van der Waals surface area contributed by atoms with Gasteiger partial charge in [-0.15, -0.1) is 11.3 Å². The highest BCUT2D eigenvalue weighted by Gasteiger charge is 2.00. The van der Waals surface area contributed by atoms with Gasteiger partial charge in [-0.2, -0.15) is 0 Å². The number of hydrogen-bond acceptors (Lipinski definition) is 2. The zero-order chi connectivity index (χ0) is 9.26. The van der Waals surface area contributed by atoms with Gasteiger partial charge >= 0.3 is 0 Å². The molecule has 4 heteroatoms. The third kappa shape index (κ3) is 1.79. The third-order valence-corrected chi connectivity index (χ3v) is 2.79. The average Bonchev–Trinajstić information content (AvgIpc) is 2.44. The Bertz CT molecular complexity index is 417. The minimum Gasteiger partial charge on any atom is -0.486 e. The Labute approximate surface area is 84.8 Å². The summed E-state index contributed by atoms with van der Waals surface area (Å²) in [7, 11) is 0. The molecule has 1 heterocycles. The maximum atomic E-state index is 8.86. The second kappa shape index (κ2) is 3.32. The Kier molecular flexibility index (Phi) is 2.16. The highest BCUT2D eigenvalue weighted by atomic mass is 32.1. The molecule has 0 aliphatic rings. The lowest BCUT2D eigenvalue weighted by Crippen LogP contribution is -2.04. The summed E-state index contributed by atoms with van der Waals surface area (Å²) in [6, 6.07) is 9.99. The van der Waals surface area contributed by atoms with Gasteiger partial charge in [-0.3, -0.25) is 0 Å². The van der Waals surface area contributed by atoms with Gasteiger partial charge in [0.15, 0.2) is 0 Å². The topological polar surface area (TPSA) is 32.3 Å². The smallest absolute Gasteiger partial charge is 0.259 e. The average molecular weight is 209 g/mol. The molecule has 0 radical (unpaired) electrons. The normalized spacial score (nSPS) is 10.2. The fourth-order valence-corrected chi connectivity index (χ4v) is 2.29. The molecule has 0 aliphatic carbocycles. The molecular weight excluding hydrogens is 202 g/mol. The van der Waals surface area contributed by atoms with Crippen LogP contribution in [0, 0.1) is 0 Å². The lowest BCUT2D eigenvalue weighted by atomic mass is 10.3. The van der Waals surface area contributed by atoms with Gasteiger partial charge in [-0.05, 0) is 29.7 Å². The van der Waals surface area contributed by atoms with Crippen LogP contribution in [0.1, 0.15) is 0 Å². The van der Waals surface area contributed by atoms with E-state index in [2.05, 4.69) is 17.5 Å². The Hall–Kier alpha value is -1.13. The van der Waals surface area contributed by atoms with E-state index in [1.54, 1.807) is 11.3 Å². The second-order valence-corrected chi connectivity index (χ2v) is 4.05. The van der Waals surface area contributed by atoms with Crippen LogP contribution in [0.25, 0.3) is 10.1 Å². The van der Waals surface area contributed by atoms with Crippen molar-refractivity contribution in [2.75, 3.05) is 5.32 Å². The molecule has 2 N–H and O–H groups in total. The number of aliphatic hydroxyl groups excluding tert-OH is 1. The van der Waals surface area contributed by atoms with Gasteiger partial charge < -0.3 is 10.4 Å². The van der Waals surface area contributed by atoms with Crippen LogP contribution >= 0.6 is 23.6 Å². The van der Waals surface area contributed by atoms with Crippen LogP contribution in [0.4, 0.5) is 5.00 Å². The van der Waals surface area contributed by atoms with Crippen molar-refractivity contribution in [1.82, 2.24) is 0 Å². The number of thiophene rings is 1. The van der Waals surface area contributed by atoms with Gasteiger partial charge in [0.25, 0.3) is 5.17 Å². The summed E-state index contributed by atoms with van der Waals surface area (Å²) in [6.07, 6.45) is 0. The molecule has 0 saturated carbocycles. The van der Waals surface area contributed by atoms with Crippen molar-refractivity contribution < 1.29 is 5.11 Å². The number of nitrogens with one attached hydrogen (secondary N) is 1. The van der Waals surface area contributed by atoms with Crippen molar-refractivity contribution in [3.05, 3.63) is 30.3 Å². The molecule has 0 bridgehead atoms. The third-order valence-electron chi connectivity index (χ3n) is 1.66. The number of anilines is 1. The molecule has 66 valence electrons. The van der Waals surface area contributed by atoms with Crippen molar-refractivity contribution in [2.45, 2.75) is 0 Å². The Morgan fingerprint density at radius 3 is 2.85 bits per heavy atom. The van der Waals surface area contributed by atoms with E-state index in [0.717, 1.165) is 10.4 Å². The first-order valence-electron chi connectivity index (χ1n) is 3.74. The van der Waals surface area contributed by atoms with E-state index in [9.17, 15) is 0 Å². The summed E-state index contributed by atoms with van der Waals surface area (Å²) in [4.78, 5) is 0. The maximum absolute atomic E-state index is 8.86.